The third-order valence-corrected chi connectivity index (χ3v) is 6.81. The number of likely N-dealkylation sites (N-methyl/N-ethyl adjacent to an activating group) is 1. The molecule has 0 bridgehead atoms. The fraction of sp³-hybridized carbons (Fsp3) is 1.00. The summed E-state index contributed by atoms with van der Waals surface area (Å²) in [6, 6.07) is -2.47. The van der Waals surface area contributed by atoms with E-state index in [0.29, 0.717) is 12.8 Å². The average Bonchev–Trinajstić information content (AvgIpc) is 2.71. The molecule has 0 aromatic carbocycles. The largest absolute Gasteiger partial charge is 0.388 e. The van der Waals surface area contributed by atoms with Crippen LogP contribution in [0.25, 0.3) is 0 Å². The van der Waals surface area contributed by atoms with Gasteiger partial charge in [0, 0.05) is 18.1 Å². The molecule has 12 nitrogen and oxygen atoms in total. The molecule has 2 heterocycles. The Bertz CT molecular complexity index is 615. The lowest BCUT2D eigenvalue weighted by atomic mass is 9.84. The molecule has 3 aliphatic rings. The van der Waals surface area contributed by atoms with Crippen molar-refractivity contribution in [1.29, 1.82) is 0 Å². The van der Waals surface area contributed by atoms with Gasteiger partial charge in [-0.05, 0) is 40.2 Å². The first-order valence-corrected chi connectivity index (χ1v) is 11.3. The van der Waals surface area contributed by atoms with Crippen molar-refractivity contribution in [3.8, 4) is 0 Å². The summed E-state index contributed by atoms with van der Waals surface area (Å²) in [5, 5.41) is 35.0. The van der Waals surface area contributed by atoms with Crippen LogP contribution >= 0.6 is 0 Å². The van der Waals surface area contributed by atoms with E-state index in [2.05, 4.69) is 5.32 Å². The Hall–Kier alpha value is -0.480. The number of nitrogens with one attached hydrogen (secondary N) is 1. The third-order valence-electron chi connectivity index (χ3n) is 6.81. The second-order valence-electron chi connectivity index (χ2n) is 9.69. The van der Waals surface area contributed by atoms with Crippen molar-refractivity contribution in [3.05, 3.63) is 0 Å². The quantitative estimate of drug-likeness (QED) is 0.192. The lowest BCUT2D eigenvalue weighted by molar-refractivity contribution is -0.307. The first-order chi connectivity index (χ1) is 15.0. The van der Waals surface area contributed by atoms with Crippen molar-refractivity contribution in [2.75, 3.05) is 13.7 Å². The summed E-state index contributed by atoms with van der Waals surface area (Å²) >= 11 is 0. The molecule has 13 atom stereocenters. The van der Waals surface area contributed by atoms with Crippen molar-refractivity contribution >= 4 is 0 Å². The van der Waals surface area contributed by atoms with Crippen molar-refractivity contribution in [2.45, 2.75) is 112 Å². The first-order valence-electron chi connectivity index (χ1n) is 11.3. The van der Waals surface area contributed by atoms with Gasteiger partial charge >= 0.3 is 0 Å². The highest BCUT2D eigenvalue weighted by Gasteiger charge is 2.50. The van der Waals surface area contributed by atoms with Gasteiger partial charge < -0.3 is 62.5 Å². The molecule has 2 saturated heterocycles. The van der Waals surface area contributed by atoms with E-state index in [9.17, 15) is 15.3 Å². The highest BCUT2D eigenvalue weighted by molar-refractivity contribution is 5.02. The van der Waals surface area contributed by atoms with Crippen LogP contribution in [-0.4, -0.2) is 108 Å². The number of ether oxygens (including phenoxy) is 4. The molecule has 2 aliphatic heterocycles. The van der Waals surface area contributed by atoms with Crippen molar-refractivity contribution in [3.63, 3.8) is 0 Å². The van der Waals surface area contributed by atoms with E-state index < -0.39 is 60.7 Å². The molecule has 0 aromatic heterocycles. The van der Waals surface area contributed by atoms with Gasteiger partial charge in [0.2, 0.25) is 0 Å². The number of hydrogen-bond donors (Lipinski definition) is 8. The minimum atomic E-state index is -1.29. The van der Waals surface area contributed by atoms with Gasteiger partial charge in [0.05, 0.1) is 24.8 Å². The zero-order valence-corrected chi connectivity index (χ0v) is 19.0. The van der Waals surface area contributed by atoms with Gasteiger partial charge in [-0.3, -0.25) is 0 Å². The van der Waals surface area contributed by atoms with Crippen LogP contribution in [0.2, 0.25) is 0 Å². The van der Waals surface area contributed by atoms with Crippen LogP contribution < -0.4 is 28.3 Å². The summed E-state index contributed by atoms with van der Waals surface area (Å²) in [6.07, 6.45) is -4.58. The molecule has 1 saturated carbocycles. The van der Waals surface area contributed by atoms with E-state index in [0.717, 1.165) is 6.42 Å². The first kappa shape index (κ1) is 26.1. The van der Waals surface area contributed by atoms with Crippen LogP contribution in [0.1, 0.15) is 33.1 Å². The molecule has 3 fully saturated rings. The molecule has 0 aromatic rings. The summed E-state index contributed by atoms with van der Waals surface area (Å²) < 4.78 is 23.4. The second kappa shape index (κ2) is 10.4. The second-order valence-corrected chi connectivity index (χ2v) is 9.69. The summed E-state index contributed by atoms with van der Waals surface area (Å²) in [4.78, 5) is 0. The van der Waals surface area contributed by atoms with E-state index >= 15 is 0 Å². The maximum atomic E-state index is 11.1. The van der Waals surface area contributed by atoms with E-state index in [1.165, 1.54) is 0 Å². The Morgan fingerprint density at radius 1 is 1.00 bits per heavy atom. The maximum absolute atomic E-state index is 11.1. The van der Waals surface area contributed by atoms with Crippen LogP contribution in [0.5, 0.6) is 0 Å². The lowest BCUT2D eigenvalue weighted by Gasteiger charge is -2.48. The zero-order chi connectivity index (χ0) is 23.8. The highest BCUT2D eigenvalue weighted by atomic mass is 16.7. The zero-order valence-electron chi connectivity index (χ0n) is 19.0. The summed E-state index contributed by atoms with van der Waals surface area (Å²) in [5.74, 6) is 0. The molecule has 12 N–H and O–H groups in total. The fourth-order valence-electron chi connectivity index (χ4n) is 4.87. The van der Waals surface area contributed by atoms with Crippen LogP contribution in [0.4, 0.5) is 0 Å². The van der Waals surface area contributed by atoms with Gasteiger partial charge in [0.15, 0.2) is 12.6 Å². The average molecular weight is 464 g/mol. The summed E-state index contributed by atoms with van der Waals surface area (Å²) in [6.45, 7) is 3.34. The Balaban J connectivity index is 1.69. The van der Waals surface area contributed by atoms with Gasteiger partial charge in [-0.2, -0.15) is 0 Å². The Labute approximate surface area is 188 Å². The Morgan fingerprint density at radius 2 is 1.59 bits per heavy atom. The molecule has 3 rings (SSSR count). The lowest BCUT2D eigenvalue weighted by Crippen LogP contribution is -2.68. The number of rotatable bonds is 6. The molecule has 32 heavy (non-hydrogen) atoms. The smallest absolute Gasteiger partial charge is 0.185 e. The van der Waals surface area contributed by atoms with Crippen LogP contribution in [-0.2, 0) is 18.9 Å². The Kier molecular flexibility index (Phi) is 8.51. The SMILES string of the molecule is CN[C@@H]1C(O)[C@@H](O[C@@H]2C(O)C(O[C@H]3OC(C(C)N)CCC3N)[C@@H](N)C[C@H]2N)OC[C@]1(C)O. The van der Waals surface area contributed by atoms with Gasteiger partial charge in [-0.15, -0.1) is 0 Å². The molecule has 0 amide bonds. The Morgan fingerprint density at radius 3 is 2.16 bits per heavy atom. The van der Waals surface area contributed by atoms with E-state index in [-0.39, 0.29) is 24.8 Å². The number of aliphatic hydroxyl groups is 3. The van der Waals surface area contributed by atoms with Crippen LogP contribution in [0.15, 0.2) is 0 Å². The molecule has 188 valence electrons. The highest BCUT2D eigenvalue weighted by Crippen LogP contribution is 2.31. The van der Waals surface area contributed by atoms with Crippen molar-refractivity contribution < 1.29 is 34.3 Å². The predicted octanol–water partition coefficient (Wildman–Crippen LogP) is -3.59. The topological polar surface area (TPSA) is 214 Å². The summed E-state index contributed by atoms with van der Waals surface area (Å²) in [5.41, 5.74) is 23.3. The monoisotopic (exact) mass is 463 g/mol. The van der Waals surface area contributed by atoms with E-state index in [1.54, 1.807) is 14.0 Å². The molecule has 12 heteroatoms. The standard InChI is InChI=1S/C20H41N5O7/c1-8(21)12-5-4-9(22)18(30-12)31-15-10(23)6-11(24)16(13(15)26)32-19-14(27)17(25-3)20(2,28)7-29-19/h8-19,25-28H,4-7,21-24H2,1-3H3/t8?,9?,10-,11+,12?,13?,14?,15?,16-,17+,18+,19+,20-/m0/s1. The molecular weight excluding hydrogens is 422 g/mol. The van der Waals surface area contributed by atoms with Gasteiger partial charge in [-0.1, -0.05) is 0 Å². The van der Waals surface area contributed by atoms with Crippen LogP contribution in [0, 0.1) is 0 Å². The number of nitrogens with two attached hydrogens (primary N) is 4. The van der Waals surface area contributed by atoms with E-state index in [4.69, 9.17) is 41.9 Å². The molecular formula is C20H41N5O7. The molecule has 1 aliphatic carbocycles. The van der Waals surface area contributed by atoms with Gasteiger partial charge in [0.25, 0.3) is 0 Å². The normalized spacial score (nSPS) is 51.4. The minimum absolute atomic E-state index is 0.0683. The van der Waals surface area contributed by atoms with E-state index in [1.807, 2.05) is 6.92 Å². The maximum Gasteiger partial charge on any atom is 0.185 e. The number of aliphatic hydroxyl groups excluding tert-OH is 2. The predicted molar refractivity (Wildman–Crippen MR) is 115 cm³/mol. The number of hydrogen-bond acceptors (Lipinski definition) is 12. The molecule has 0 spiro atoms. The van der Waals surface area contributed by atoms with Gasteiger partial charge in [-0.25, -0.2) is 0 Å². The fourth-order valence-corrected chi connectivity index (χ4v) is 4.87. The van der Waals surface area contributed by atoms with Crippen molar-refractivity contribution in [2.24, 2.45) is 22.9 Å². The molecule has 6 unspecified atom stereocenters. The van der Waals surface area contributed by atoms with Gasteiger partial charge in [0.1, 0.15) is 30.0 Å². The minimum Gasteiger partial charge on any atom is -0.388 e. The molecule has 0 radical (unpaired) electrons. The van der Waals surface area contributed by atoms with Crippen molar-refractivity contribution in [1.82, 2.24) is 5.32 Å². The third kappa shape index (κ3) is 5.43. The van der Waals surface area contributed by atoms with Crippen LogP contribution in [0.3, 0.4) is 0 Å². The summed E-state index contributed by atoms with van der Waals surface area (Å²) in [7, 11) is 1.62.